The van der Waals surface area contributed by atoms with E-state index >= 15 is 0 Å². The summed E-state index contributed by atoms with van der Waals surface area (Å²) in [6, 6.07) is 0. The summed E-state index contributed by atoms with van der Waals surface area (Å²) in [6.07, 6.45) is 16.0. The van der Waals surface area contributed by atoms with Crippen LogP contribution < -0.4 is 0 Å². The second kappa shape index (κ2) is 7.75. The first-order valence-electron chi connectivity index (χ1n) is 12.7. The topological polar surface area (TPSA) is 20.2 Å². The minimum atomic E-state index is -0.0244. The normalized spacial score (nSPS) is 44.2. The first-order chi connectivity index (χ1) is 13.3. The third kappa shape index (κ3) is 3.42. The van der Waals surface area contributed by atoms with Crippen LogP contribution in [0.15, 0.2) is 11.1 Å². The molecule has 0 bridgehead atoms. The molecule has 0 aromatic heterocycles. The molecular formula is C27H46O. The molecular weight excluding hydrogens is 340 g/mol. The van der Waals surface area contributed by atoms with Crippen molar-refractivity contribution >= 4 is 0 Å². The Bertz CT molecular complexity index is 603. The van der Waals surface area contributed by atoms with E-state index in [4.69, 9.17) is 0 Å². The van der Waals surface area contributed by atoms with Crippen LogP contribution in [0.2, 0.25) is 0 Å². The van der Waals surface area contributed by atoms with E-state index < -0.39 is 0 Å². The molecule has 0 aromatic rings. The van der Waals surface area contributed by atoms with Gasteiger partial charge in [-0.25, -0.2) is 0 Å². The zero-order chi connectivity index (χ0) is 20.1. The summed E-state index contributed by atoms with van der Waals surface area (Å²) >= 11 is 0. The number of allylic oxidation sites excluding steroid dienone is 2. The maximum absolute atomic E-state index is 10.2. The van der Waals surface area contributed by atoms with Crippen LogP contribution in [0.5, 0.6) is 0 Å². The lowest BCUT2D eigenvalue weighted by molar-refractivity contribution is -0.0381. The zero-order valence-electron chi connectivity index (χ0n) is 19.4. The molecule has 4 aliphatic rings. The monoisotopic (exact) mass is 386 g/mol. The Morgan fingerprint density at radius 2 is 1.75 bits per heavy atom. The molecule has 2 unspecified atom stereocenters. The van der Waals surface area contributed by atoms with Gasteiger partial charge in [0.2, 0.25) is 0 Å². The molecule has 1 heteroatoms. The summed E-state index contributed by atoms with van der Waals surface area (Å²) < 4.78 is 0. The number of hydrogen-bond donors (Lipinski definition) is 1. The Morgan fingerprint density at radius 3 is 2.50 bits per heavy atom. The molecule has 0 heterocycles. The average molecular weight is 387 g/mol. The standard InChI is InChI=1S/C27H46O/c1-18(2)7-6-8-19(3)23-11-12-24-22-10-9-20-17-21(28)13-15-26(20,4)25(22)14-16-27(23,24)5/h18-21,23,25,28H,6-17H2,1-5H3/t19-,20+,21+,23?,25?,26+,27-/m1/s1. The molecule has 4 aliphatic carbocycles. The number of aliphatic hydroxyl groups is 1. The van der Waals surface area contributed by atoms with Gasteiger partial charge >= 0.3 is 0 Å². The molecule has 0 radical (unpaired) electrons. The Kier molecular flexibility index (Phi) is 5.80. The van der Waals surface area contributed by atoms with Crippen molar-refractivity contribution in [1.29, 1.82) is 0 Å². The van der Waals surface area contributed by atoms with Crippen molar-refractivity contribution in [3.05, 3.63) is 11.1 Å². The summed E-state index contributed by atoms with van der Waals surface area (Å²) in [4.78, 5) is 0. The SMILES string of the molecule is CC(C)CCC[C@@H](C)C1CCC2=C3CC[C@H]4C[C@@H](O)CC[C@]4(C)C3CC[C@@]21C. The van der Waals surface area contributed by atoms with E-state index in [2.05, 4.69) is 34.6 Å². The van der Waals surface area contributed by atoms with Gasteiger partial charge in [-0.15, -0.1) is 0 Å². The van der Waals surface area contributed by atoms with Crippen molar-refractivity contribution in [3.8, 4) is 0 Å². The lowest BCUT2D eigenvalue weighted by atomic mass is 9.49. The van der Waals surface area contributed by atoms with Crippen LogP contribution in [-0.2, 0) is 0 Å². The van der Waals surface area contributed by atoms with E-state index in [0.717, 1.165) is 42.4 Å². The molecule has 1 nitrogen and oxygen atoms in total. The van der Waals surface area contributed by atoms with Crippen LogP contribution in [0.1, 0.15) is 112 Å². The van der Waals surface area contributed by atoms with Crippen LogP contribution >= 0.6 is 0 Å². The molecule has 3 saturated carbocycles. The van der Waals surface area contributed by atoms with Gasteiger partial charge in [0.25, 0.3) is 0 Å². The van der Waals surface area contributed by atoms with Crippen LogP contribution in [-0.4, -0.2) is 11.2 Å². The number of rotatable bonds is 5. The fourth-order valence-corrected chi connectivity index (χ4v) is 8.47. The Hall–Kier alpha value is -0.300. The van der Waals surface area contributed by atoms with Crippen molar-refractivity contribution in [2.24, 2.45) is 40.4 Å². The van der Waals surface area contributed by atoms with Gasteiger partial charge in [-0.3, -0.25) is 0 Å². The van der Waals surface area contributed by atoms with E-state index in [1.807, 2.05) is 11.1 Å². The summed E-state index contributed by atoms with van der Waals surface area (Å²) in [5.74, 6) is 4.25. The lowest BCUT2D eigenvalue weighted by Gasteiger charge is -2.56. The lowest BCUT2D eigenvalue weighted by Crippen LogP contribution is -2.48. The highest BCUT2D eigenvalue weighted by molar-refractivity contribution is 5.34. The highest BCUT2D eigenvalue weighted by Crippen LogP contribution is 2.65. The van der Waals surface area contributed by atoms with Crippen LogP contribution in [0.3, 0.4) is 0 Å². The number of fused-ring (bicyclic) bond motifs is 4. The summed E-state index contributed by atoms with van der Waals surface area (Å²) in [7, 11) is 0. The zero-order valence-corrected chi connectivity index (χ0v) is 19.4. The van der Waals surface area contributed by atoms with Crippen molar-refractivity contribution in [1.82, 2.24) is 0 Å². The summed E-state index contributed by atoms with van der Waals surface area (Å²) in [6.45, 7) is 12.6. The maximum atomic E-state index is 10.2. The van der Waals surface area contributed by atoms with E-state index in [-0.39, 0.29) is 6.10 Å². The third-order valence-corrected chi connectivity index (χ3v) is 10.2. The maximum Gasteiger partial charge on any atom is 0.0543 e. The van der Waals surface area contributed by atoms with Gasteiger partial charge in [0.15, 0.2) is 0 Å². The number of aliphatic hydroxyl groups excluding tert-OH is 1. The minimum absolute atomic E-state index is 0.0244. The molecule has 160 valence electrons. The molecule has 0 aliphatic heterocycles. The van der Waals surface area contributed by atoms with Crippen LogP contribution in [0.25, 0.3) is 0 Å². The van der Waals surface area contributed by atoms with Gasteiger partial charge < -0.3 is 5.11 Å². The molecule has 28 heavy (non-hydrogen) atoms. The van der Waals surface area contributed by atoms with Crippen LogP contribution in [0.4, 0.5) is 0 Å². The van der Waals surface area contributed by atoms with E-state index in [1.165, 1.54) is 64.2 Å². The molecule has 0 spiro atoms. The third-order valence-electron chi connectivity index (χ3n) is 10.2. The van der Waals surface area contributed by atoms with Gasteiger partial charge in [0.1, 0.15) is 0 Å². The number of hydrogen-bond acceptors (Lipinski definition) is 1. The second-order valence-electron chi connectivity index (χ2n) is 12.1. The first-order valence-corrected chi connectivity index (χ1v) is 12.7. The first kappa shape index (κ1) is 21.0. The smallest absolute Gasteiger partial charge is 0.0543 e. The van der Waals surface area contributed by atoms with Crippen LogP contribution in [0, 0.1) is 40.4 Å². The molecule has 1 N–H and O–H groups in total. The predicted molar refractivity (Wildman–Crippen MR) is 119 cm³/mol. The summed E-state index contributed by atoms with van der Waals surface area (Å²) in [5, 5.41) is 10.2. The van der Waals surface area contributed by atoms with Crippen molar-refractivity contribution in [2.45, 2.75) is 118 Å². The molecule has 0 aromatic carbocycles. The van der Waals surface area contributed by atoms with Crippen molar-refractivity contribution < 1.29 is 5.11 Å². The summed E-state index contributed by atoms with van der Waals surface area (Å²) in [5.41, 5.74) is 4.82. The van der Waals surface area contributed by atoms with Crippen molar-refractivity contribution in [2.75, 3.05) is 0 Å². The molecule has 3 fully saturated rings. The Labute approximate surface area is 174 Å². The minimum Gasteiger partial charge on any atom is -0.393 e. The second-order valence-corrected chi connectivity index (χ2v) is 12.1. The molecule has 0 amide bonds. The van der Waals surface area contributed by atoms with E-state index in [9.17, 15) is 5.11 Å². The largest absolute Gasteiger partial charge is 0.393 e. The quantitative estimate of drug-likeness (QED) is 0.484. The van der Waals surface area contributed by atoms with Crippen molar-refractivity contribution in [3.63, 3.8) is 0 Å². The van der Waals surface area contributed by atoms with Gasteiger partial charge in [-0.05, 0) is 98.2 Å². The molecule has 7 atom stereocenters. The van der Waals surface area contributed by atoms with Gasteiger partial charge in [-0.1, -0.05) is 65.0 Å². The predicted octanol–water partition coefficient (Wildman–Crippen LogP) is 7.53. The fourth-order valence-electron chi connectivity index (χ4n) is 8.47. The fraction of sp³-hybridized carbons (Fsp3) is 0.926. The van der Waals surface area contributed by atoms with E-state index in [1.54, 1.807) is 0 Å². The Morgan fingerprint density at radius 1 is 0.964 bits per heavy atom. The molecule has 0 saturated heterocycles. The highest BCUT2D eigenvalue weighted by atomic mass is 16.3. The Balaban J connectivity index is 1.53. The highest BCUT2D eigenvalue weighted by Gasteiger charge is 2.55. The van der Waals surface area contributed by atoms with E-state index in [0.29, 0.717) is 10.8 Å². The average Bonchev–Trinajstić information content (AvgIpc) is 2.99. The van der Waals surface area contributed by atoms with Gasteiger partial charge in [0, 0.05) is 0 Å². The van der Waals surface area contributed by atoms with Gasteiger partial charge in [-0.2, -0.15) is 0 Å². The van der Waals surface area contributed by atoms with Gasteiger partial charge in [0.05, 0.1) is 6.10 Å². The molecule has 4 rings (SSSR count).